The first-order chi connectivity index (χ1) is 12.7. The average molecular weight is 353 g/mol. The standard InChI is InChI=1S/C21H20FNO3/c1-2-3-12-25-21(24)26-20-13-19(17-10-6-7-11-18(17)22)23-14-15-8-4-5-9-16(15)20/h4-11,13-14,20H,2-3,12H2,1H3. The molecule has 0 aromatic heterocycles. The molecule has 0 radical (unpaired) electrons. The van der Waals surface area contributed by atoms with Crippen LogP contribution in [-0.4, -0.2) is 19.0 Å². The van der Waals surface area contributed by atoms with E-state index in [9.17, 15) is 9.18 Å². The highest BCUT2D eigenvalue weighted by molar-refractivity contribution is 5.89. The number of hydrogen-bond acceptors (Lipinski definition) is 4. The Morgan fingerprint density at radius 3 is 2.73 bits per heavy atom. The summed E-state index contributed by atoms with van der Waals surface area (Å²) in [6, 6.07) is 13.8. The van der Waals surface area contributed by atoms with Crippen LogP contribution in [0.4, 0.5) is 9.18 Å². The van der Waals surface area contributed by atoms with Crippen LogP contribution < -0.4 is 0 Å². The van der Waals surface area contributed by atoms with Crippen molar-refractivity contribution in [2.75, 3.05) is 6.61 Å². The minimum Gasteiger partial charge on any atom is -0.434 e. The number of carbonyl (C=O) groups excluding carboxylic acids is 1. The first-order valence-corrected chi connectivity index (χ1v) is 8.62. The zero-order valence-electron chi connectivity index (χ0n) is 14.5. The second-order valence-corrected chi connectivity index (χ2v) is 5.91. The van der Waals surface area contributed by atoms with Crippen molar-refractivity contribution in [3.63, 3.8) is 0 Å². The van der Waals surface area contributed by atoms with Crippen molar-refractivity contribution in [1.82, 2.24) is 0 Å². The third kappa shape index (κ3) is 4.17. The second-order valence-electron chi connectivity index (χ2n) is 5.91. The summed E-state index contributed by atoms with van der Waals surface area (Å²) >= 11 is 0. The summed E-state index contributed by atoms with van der Waals surface area (Å²) in [5.41, 5.74) is 2.34. The molecule has 1 heterocycles. The van der Waals surface area contributed by atoms with Gasteiger partial charge in [-0.2, -0.15) is 0 Å². The molecule has 0 spiro atoms. The summed E-state index contributed by atoms with van der Waals surface area (Å²) in [6.45, 7) is 2.32. The van der Waals surface area contributed by atoms with Crippen LogP contribution >= 0.6 is 0 Å². The van der Waals surface area contributed by atoms with Gasteiger partial charge in [-0.1, -0.05) is 49.7 Å². The van der Waals surface area contributed by atoms with E-state index in [2.05, 4.69) is 4.99 Å². The molecule has 1 aliphatic rings. The molecule has 1 unspecified atom stereocenters. The minimum absolute atomic E-state index is 0.310. The van der Waals surface area contributed by atoms with E-state index in [0.29, 0.717) is 17.9 Å². The van der Waals surface area contributed by atoms with Gasteiger partial charge < -0.3 is 9.47 Å². The Hall–Kier alpha value is -2.95. The number of carbonyl (C=O) groups is 1. The Balaban J connectivity index is 1.92. The molecular weight excluding hydrogens is 333 g/mol. The lowest BCUT2D eigenvalue weighted by Gasteiger charge is -2.16. The summed E-state index contributed by atoms with van der Waals surface area (Å²) in [5.74, 6) is -0.383. The highest BCUT2D eigenvalue weighted by Crippen LogP contribution is 2.31. The van der Waals surface area contributed by atoms with Crippen LogP contribution in [-0.2, 0) is 9.47 Å². The Morgan fingerprint density at radius 2 is 1.92 bits per heavy atom. The highest BCUT2D eigenvalue weighted by atomic mass is 19.1. The van der Waals surface area contributed by atoms with Crippen LogP contribution in [0.15, 0.2) is 59.6 Å². The topological polar surface area (TPSA) is 47.9 Å². The lowest BCUT2D eigenvalue weighted by Crippen LogP contribution is -2.13. The molecule has 134 valence electrons. The molecule has 0 N–H and O–H groups in total. The normalized spacial score (nSPS) is 15.6. The van der Waals surface area contributed by atoms with Crippen LogP contribution in [0, 0.1) is 5.82 Å². The number of hydrogen-bond donors (Lipinski definition) is 0. The van der Waals surface area contributed by atoms with Crippen LogP contribution in [0.2, 0.25) is 0 Å². The number of unbranched alkanes of at least 4 members (excludes halogenated alkanes) is 1. The van der Waals surface area contributed by atoms with E-state index in [0.717, 1.165) is 24.0 Å². The van der Waals surface area contributed by atoms with Gasteiger partial charge in [0.1, 0.15) is 5.82 Å². The maximum absolute atomic E-state index is 14.2. The number of nitrogens with zero attached hydrogens (tertiary/aromatic N) is 1. The molecule has 5 heteroatoms. The molecule has 26 heavy (non-hydrogen) atoms. The number of fused-ring (bicyclic) bond motifs is 1. The SMILES string of the molecule is CCCCOC(=O)OC1C=C(c2ccccc2F)N=Cc2ccccc21. The van der Waals surface area contributed by atoms with Gasteiger partial charge in [-0.05, 0) is 30.2 Å². The first-order valence-electron chi connectivity index (χ1n) is 8.62. The monoisotopic (exact) mass is 353 g/mol. The summed E-state index contributed by atoms with van der Waals surface area (Å²) in [6.07, 6.45) is 3.53. The maximum Gasteiger partial charge on any atom is 0.509 e. The van der Waals surface area contributed by atoms with Gasteiger partial charge in [-0.3, -0.25) is 4.99 Å². The van der Waals surface area contributed by atoms with E-state index in [4.69, 9.17) is 9.47 Å². The zero-order valence-corrected chi connectivity index (χ0v) is 14.5. The predicted octanol–water partition coefficient (Wildman–Crippen LogP) is 5.29. The quantitative estimate of drug-likeness (QED) is 0.542. The summed E-state index contributed by atoms with van der Waals surface area (Å²) < 4.78 is 24.8. The highest BCUT2D eigenvalue weighted by Gasteiger charge is 2.22. The molecule has 0 fully saturated rings. The van der Waals surface area contributed by atoms with Gasteiger partial charge in [0.25, 0.3) is 0 Å². The van der Waals surface area contributed by atoms with Crippen molar-refractivity contribution >= 4 is 18.1 Å². The Morgan fingerprint density at radius 1 is 1.15 bits per heavy atom. The predicted molar refractivity (Wildman–Crippen MR) is 98.5 cm³/mol. The molecule has 0 aliphatic carbocycles. The smallest absolute Gasteiger partial charge is 0.434 e. The zero-order chi connectivity index (χ0) is 18.4. The van der Waals surface area contributed by atoms with Gasteiger partial charge in [-0.25, -0.2) is 9.18 Å². The van der Waals surface area contributed by atoms with Crippen LogP contribution in [0.3, 0.4) is 0 Å². The Kier molecular flexibility index (Phi) is 5.79. The van der Waals surface area contributed by atoms with E-state index >= 15 is 0 Å². The van der Waals surface area contributed by atoms with Gasteiger partial charge in [-0.15, -0.1) is 0 Å². The van der Waals surface area contributed by atoms with Gasteiger partial charge in [0.15, 0.2) is 6.10 Å². The molecule has 3 rings (SSSR count). The van der Waals surface area contributed by atoms with Crippen molar-refractivity contribution in [2.24, 2.45) is 4.99 Å². The molecule has 1 aliphatic heterocycles. The summed E-state index contributed by atoms with van der Waals surface area (Å²) in [4.78, 5) is 16.4. The maximum atomic E-state index is 14.2. The van der Waals surface area contributed by atoms with E-state index < -0.39 is 12.3 Å². The molecule has 2 aromatic carbocycles. The first kappa shape index (κ1) is 17.9. The average Bonchev–Trinajstić information content (AvgIpc) is 2.82. The van der Waals surface area contributed by atoms with E-state index in [-0.39, 0.29) is 5.82 Å². The fourth-order valence-corrected chi connectivity index (χ4v) is 2.67. The molecular formula is C21H20FNO3. The van der Waals surface area contributed by atoms with Crippen molar-refractivity contribution < 1.29 is 18.7 Å². The summed E-state index contributed by atoms with van der Waals surface area (Å²) in [5, 5.41) is 0. The van der Waals surface area contributed by atoms with Crippen LogP contribution in [0.5, 0.6) is 0 Å². The van der Waals surface area contributed by atoms with Crippen molar-refractivity contribution in [3.8, 4) is 0 Å². The minimum atomic E-state index is -0.746. The number of rotatable bonds is 5. The Labute approximate surface area is 152 Å². The van der Waals surface area contributed by atoms with Crippen molar-refractivity contribution in [1.29, 1.82) is 0 Å². The second kappa shape index (κ2) is 8.43. The van der Waals surface area contributed by atoms with E-state index in [1.165, 1.54) is 6.07 Å². The fraction of sp³-hybridized carbons (Fsp3) is 0.238. The lowest BCUT2D eigenvalue weighted by molar-refractivity contribution is 0.0362. The summed E-state index contributed by atoms with van der Waals surface area (Å²) in [7, 11) is 0. The molecule has 0 saturated carbocycles. The molecule has 4 nitrogen and oxygen atoms in total. The van der Waals surface area contributed by atoms with Gasteiger partial charge in [0.2, 0.25) is 0 Å². The number of ether oxygens (including phenoxy) is 2. The van der Waals surface area contributed by atoms with Gasteiger partial charge in [0, 0.05) is 17.3 Å². The number of aliphatic imine (C=N–C) groups is 1. The van der Waals surface area contributed by atoms with E-state index in [1.807, 2.05) is 31.2 Å². The molecule has 1 atom stereocenters. The third-order valence-corrected chi connectivity index (χ3v) is 4.05. The fourth-order valence-electron chi connectivity index (χ4n) is 2.67. The number of halogens is 1. The lowest BCUT2D eigenvalue weighted by atomic mass is 10.0. The Bertz CT molecular complexity index is 845. The van der Waals surface area contributed by atoms with Crippen molar-refractivity contribution in [2.45, 2.75) is 25.9 Å². The third-order valence-electron chi connectivity index (χ3n) is 4.05. The van der Waals surface area contributed by atoms with Crippen molar-refractivity contribution in [3.05, 3.63) is 77.1 Å². The van der Waals surface area contributed by atoms with Crippen LogP contribution in [0.1, 0.15) is 42.6 Å². The van der Waals surface area contributed by atoms with E-state index in [1.54, 1.807) is 30.5 Å². The number of benzene rings is 2. The molecule has 0 saturated heterocycles. The van der Waals surface area contributed by atoms with Gasteiger partial charge >= 0.3 is 6.16 Å². The van der Waals surface area contributed by atoms with Crippen LogP contribution in [0.25, 0.3) is 5.70 Å². The molecule has 0 bridgehead atoms. The molecule has 2 aromatic rings. The van der Waals surface area contributed by atoms with Gasteiger partial charge in [0.05, 0.1) is 12.3 Å². The molecule has 0 amide bonds. The largest absolute Gasteiger partial charge is 0.509 e.